The fraction of sp³-hybridized carbons (Fsp3) is 0.346. The number of nitrogens with zero attached hydrogens (tertiary/aromatic N) is 4. The van der Waals surface area contributed by atoms with E-state index in [1.54, 1.807) is 6.07 Å². The first kappa shape index (κ1) is 23.4. The second-order valence-corrected chi connectivity index (χ2v) is 9.44. The molecule has 1 N–H and O–H groups in total. The van der Waals surface area contributed by atoms with Crippen molar-refractivity contribution in [3.8, 4) is 23.2 Å². The van der Waals surface area contributed by atoms with Crippen LogP contribution in [0.5, 0.6) is 5.75 Å². The Hall–Kier alpha value is -3.36. The number of hydrogen-bond acceptors (Lipinski definition) is 6. The first-order chi connectivity index (χ1) is 17.0. The molecule has 9 heteroatoms. The Morgan fingerprint density at radius 2 is 2.06 bits per heavy atom. The third-order valence-corrected chi connectivity index (χ3v) is 6.62. The van der Waals surface area contributed by atoms with Gasteiger partial charge in [-0.15, -0.1) is 0 Å². The van der Waals surface area contributed by atoms with Crippen molar-refractivity contribution in [2.75, 3.05) is 13.6 Å². The molecule has 0 spiro atoms. The molecule has 1 saturated carbocycles. The van der Waals surface area contributed by atoms with Gasteiger partial charge in [0.1, 0.15) is 5.75 Å². The van der Waals surface area contributed by atoms with Crippen molar-refractivity contribution in [2.45, 2.75) is 44.8 Å². The Labute approximate surface area is 208 Å². The predicted molar refractivity (Wildman–Crippen MR) is 133 cm³/mol. The summed E-state index contributed by atoms with van der Waals surface area (Å²) in [5.74, 6) is 0.707. The van der Waals surface area contributed by atoms with Crippen molar-refractivity contribution in [1.29, 1.82) is 0 Å². The van der Waals surface area contributed by atoms with Crippen molar-refractivity contribution in [3.05, 3.63) is 59.2 Å². The lowest BCUT2D eigenvalue weighted by atomic mass is 10.1. The van der Waals surface area contributed by atoms with Crippen molar-refractivity contribution in [1.82, 2.24) is 19.6 Å². The minimum absolute atomic E-state index is 0.122. The average molecular weight is 495 g/mol. The first-order valence-electron chi connectivity index (χ1n) is 11.8. The first-order valence-corrected chi connectivity index (χ1v) is 12.1. The van der Waals surface area contributed by atoms with Crippen LogP contribution in [0, 0.1) is 0 Å². The van der Waals surface area contributed by atoms with Crippen molar-refractivity contribution in [2.24, 2.45) is 0 Å². The zero-order valence-electron chi connectivity index (χ0n) is 19.5. The number of fused-ring (bicyclic) bond motifs is 1. The van der Waals surface area contributed by atoms with Gasteiger partial charge < -0.3 is 19.3 Å². The third-order valence-electron chi connectivity index (χ3n) is 6.32. The molecule has 0 unspecified atom stereocenters. The van der Waals surface area contributed by atoms with E-state index in [4.69, 9.17) is 26.0 Å². The lowest BCUT2D eigenvalue weighted by Gasteiger charge is -2.15. The van der Waals surface area contributed by atoms with Crippen LogP contribution in [0.3, 0.4) is 0 Å². The predicted octanol–water partition coefficient (Wildman–Crippen LogP) is 5.56. The van der Waals surface area contributed by atoms with E-state index in [0.29, 0.717) is 35.7 Å². The molecular weight excluding hydrogens is 468 g/mol. The number of carboxylic acids is 1. The van der Waals surface area contributed by atoms with Gasteiger partial charge in [0, 0.05) is 30.2 Å². The van der Waals surface area contributed by atoms with Crippen LogP contribution < -0.4 is 4.74 Å². The van der Waals surface area contributed by atoms with Gasteiger partial charge in [-0.3, -0.25) is 9.36 Å². The minimum atomic E-state index is -0.792. The second-order valence-electron chi connectivity index (χ2n) is 9.03. The highest BCUT2D eigenvalue weighted by Crippen LogP contribution is 2.33. The molecule has 0 bridgehead atoms. The molecular formula is C26H27ClN4O4. The van der Waals surface area contributed by atoms with E-state index >= 15 is 0 Å². The normalized spacial score (nSPS) is 14.3. The van der Waals surface area contributed by atoms with Gasteiger partial charge in [0.15, 0.2) is 0 Å². The van der Waals surface area contributed by atoms with Crippen LogP contribution in [-0.2, 0) is 11.3 Å². The molecule has 1 aliphatic rings. The molecule has 2 aromatic carbocycles. The van der Waals surface area contributed by atoms with Crippen LogP contribution in [-0.4, -0.2) is 50.4 Å². The summed E-state index contributed by atoms with van der Waals surface area (Å²) in [5.41, 5.74) is 2.79. The summed E-state index contributed by atoms with van der Waals surface area (Å²) in [6.45, 7) is 1.17. The Kier molecular flexibility index (Phi) is 6.74. The highest BCUT2D eigenvalue weighted by atomic mass is 35.5. The Morgan fingerprint density at radius 3 is 2.83 bits per heavy atom. The Bertz CT molecular complexity index is 1340. The van der Waals surface area contributed by atoms with Gasteiger partial charge >= 0.3 is 5.97 Å². The van der Waals surface area contributed by atoms with Gasteiger partial charge in [-0.05, 0) is 79.8 Å². The molecule has 1 fully saturated rings. The fourth-order valence-electron chi connectivity index (χ4n) is 4.49. The Morgan fingerprint density at radius 1 is 1.23 bits per heavy atom. The second kappa shape index (κ2) is 10.1. The molecule has 2 aromatic heterocycles. The van der Waals surface area contributed by atoms with Gasteiger partial charge in [0.2, 0.25) is 0 Å². The zero-order chi connectivity index (χ0) is 24.4. The molecule has 5 rings (SSSR count). The zero-order valence-corrected chi connectivity index (χ0v) is 20.2. The van der Waals surface area contributed by atoms with E-state index < -0.39 is 5.97 Å². The molecule has 0 atom stereocenters. The van der Waals surface area contributed by atoms with Gasteiger partial charge in [-0.1, -0.05) is 17.7 Å². The molecule has 0 aliphatic heterocycles. The number of halogens is 1. The summed E-state index contributed by atoms with van der Waals surface area (Å²) >= 11 is 6.48. The van der Waals surface area contributed by atoms with Crippen molar-refractivity contribution in [3.63, 3.8) is 0 Å². The maximum atomic E-state index is 10.8. The molecule has 0 amide bonds. The van der Waals surface area contributed by atoms with E-state index in [0.717, 1.165) is 34.9 Å². The number of aliphatic carboxylic acids is 1. The molecule has 2 heterocycles. The SMILES string of the molecule is CN(CCC(=O)O)Cc1ccc2c(ccn2-c2noc(-c3ccc(OC4CCCC4)c(Cl)c3)n2)c1. The number of carboxylic acid groups (broad SMARTS) is 1. The number of benzene rings is 2. The lowest BCUT2D eigenvalue weighted by Crippen LogP contribution is -2.21. The third kappa shape index (κ3) is 5.33. The summed E-state index contributed by atoms with van der Waals surface area (Å²) in [6.07, 6.45) is 6.80. The summed E-state index contributed by atoms with van der Waals surface area (Å²) < 4.78 is 13.4. The number of ether oxygens (including phenoxy) is 1. The van der Waals surface area contributed by atoms with Gasteiger partial charge in [0.05, 0.1) is 23.1 Å². The molecule has 182 valence electrons. The van der Waals surface area contributed by atoms with Crippen molar-refractivity contribution >= 4 is 28.5 Å². The number of aromatic nitrogens is 3. The monoisotopic (exact) mass is 494 g/mol. The van der Waals surface area contributed by atoms with Gasteiger partial charge in [0.25, 0.3) is 11.8 Å². The topological polar surface area (TPSA) is 93.6 Å². The fourth-order valence-corrected chi connectivity index (χ4v) is 4.71. The maximum absolute atomic E-state index is 10.8. The molecule has 0 saturated heterocycles. The molecule has 1 aliphatic carbocycles. The van der Waals surface area contributed by atoms with E-state index in [2.05, 4.69) is 16.2 Å². The van der Waals surface area contributed by atoms with Crippen LogP contribution in [0.25, 0.3) is 28.3 Å². The van der Waals surface area contributed by atoms with Crippen LogP contribution >= 0.6 is 11.6 Å². The molecule has 8 nitrogen and oxygen atoms in total. The minimum Gasteiger partial charge on any atom is -0.489 e. The number of hydrogen-bond donors (Lipinski definition) is 1. The standard InChI is InChI=1S/C26H27ClN4O4/c1-30(12-11-24(32)33)16-17-6-8-22-18(14-17)10-13-31(22)26-28-25(35-29-26)19-7-9-23(21(27)15-19)34-20-4-2-3-5-20/h6-10,13-15,20H,2-5,11-12,16H2,1H3,(H,32,33). The summed E-state index contributed by atoms with van der Waals surface area (Å²) in [6, 6.07) is 13.7. The summed E-state index contributed by atoms with van der Waals surface area (Å²) in [5, 5.41) is 14.6. The molecule has 35 heavy (non-hydrogen) atoms. The van der Waals surface area contributed by atoms with Crippen LogP contribution in [0.4, 0.5) is 0 Å². The summed E-state index contributed by atoms with van der Waals surface area (Å²) in [7, 11) is 1.92. The van der Waals surface area contributed by atoms with Crippen LogP contribution in [0.1, 0.15) is 37.7 Å². The summed E-state index contributed by atoms with van der Waals surface area (Å²) in [4.78, 5) is 17.4. The van der Waals surface area contributed by atoms with Crippen LogP contribution in [0.15, 0.2) is 53.2 Å². The van der Waals surface area contributed by atoms with E-state index in [9.17, 15) is 4.79 Å². The smallest absolute Gasteiger partial charge is 0.304 e. The molecule has 0 radical (unpaired) electrons. The van der Waals surface area contributed by atoms with Gasteiger partial charge in [-0.25, -0.2) is 0 Å². The largest absolute Gasteiger partial charge is 0.489 e. The van der Waals surface area contributed by atoms with E-state index in [-0.39, 0.29) is 12.5 Å². The van der Waals surface area contributed by atoms with Gasteiger partial charge in [-0.2, -0.15) is 4.98 Å². The Balaban J connectivity index is 1.31. The number of rotatable bonds is 9. The lowest BCUT2D eigenvalue weighted by molar-refractivity contribution is -0.137. The average Bonchev–Trinajstić information content (AvgIpc) is 3.59. The van der Waals surface area contributed by atoms with Crippen molar-refractivity contribution < 1.29 is 19.2 Å². The maximum Gasteiger partial charge on any atom is 0.304 e. The quantitative estimate of drug-likeness (QED) is 0.325. The molecule has 4 aromatic rings. The number of carbonyl (C=O) groups is 1. The van der Waals surface area contributed by atoms with E-state index in [1.165, 1.54) is 12.8 Å². The highest BCUT2D eigenvalue weighted by Gasteiger charge is 2.19. The highest BCUT2D eigenvalue weighted by molar-refractivity contribution is 6.32. The van der Waals surface area contributed by atoms with E-state index in [1.807, 2.05) is 53.0 Å². The van der Waals surface area contributed by atoms with Crippen LogP contribution in [0.2, 0.25) is 5.02 Å².